The highest BCUT2D eigenvalue weighted by atomic mass is 16.4. The molecule has 1 aromatic carbocycles. The van der Waals surface area contributed by atoms with Gasteiger partial charge in [0, 0.05) is 29.2 Å². The van der Waals surface area contributed by atoms with Gasteiger partial charge < -0.3 is 14.1 Å². The Labute approximate surface area is 121 Å². The van der Waals surface area contributed by atoms with Crippen LogP contribution in [0.4, 0.5) is 0 Å². The van der Waals surface area contributed by atoms with Gasteiger partial charge >= 0.3 is 5.97 Å². The first-order valence-corrected chi connectivity index (χ1v) is 6.96. The van der Waals surface area contributed by atoms with Crippen molar-refractivity contribution in [3.8, 4) is 11.5 Å². The molecule has 0 saturated carbocycles. The molecule has 0 amide bonds. The van der Waals surface area contributed by atoms with Crippen molar-refractivity contribution in [2.45, 2.75) is 26.3 Å². The van der Waals surface area contributed by atoms with E-state index in [4.69, 9.17) is 4.42 Å². The molecule has 21 heavy (non-hydrogen) atoms. The number of oxazole rings is 1. The molecule has 0 aliphatic rings. The van der Waals surface area contributed by atoms with E-state index in [1.54, 1.807) is 18.3 Å². The number of aromatic nitrogens is 2. The molecule has 108 valence electrons. The van der Waals surface area contributed by atoms with Gasteiger partial charge in [0.15, 0.2) is 0 Å². The Morgan fingerprint density at radius 3 is 2.95 bits per heavy atom. The van der Waals surface area contributed by atoms with Crippen molar-refractivity contribution in [2.75, 3.05) is 0 Å². The van der Waals surface area contributed by atoms with Gasteiger partial charge in [-0.2, -0.15) is 0 Å². The van der Waals surface area contributed by atoms with Gasteiger partial charge in [-0.1, -0.05) is 13.3 Å². The maximum atomic E-state index is 11.4. The number of hydrogen-bond acceptors (Lipinski definition) is 3. The molecular formula is C16H16N2O3. The molecule has 0 atom stereocenters. The highest BCUT2D eigenvalue weighted by Gasteiger charge is 2.15. The Kier molecular flexibility index (Phi) is 3.48. The molecule has 1 N–H and O–H groups in total. The van der Waals surface area contributed by atoms with Gasteiger partial charge in [0.2, 0.25) is 5.89 Å². The van der Waals surface area contributed by atoms with E-state index in [0.29, 0.717) is 11.5 Å². The minimum Gasteiger partial charge on any atom is -0.478 e. The lowest BCUT2D eigenvalue weighted by molar-refractivity contribution is 0.0697. The maximum Gasteiger partial charge on any atom is 0.335 e. The van der Waals surface area contributed by atoms with E-state index < -0.39 is 5.97 Å². The van der Waals surface area contributed by atoms with Crippen molar-refractivity contribution < 1.29 is 14.3 Å². The normalized spacial score (nSPS) is 11.1. The number of carboxylic acid groups (broad SMARTS) is 1. The first kappa shape index (κ1) is 13.4. The Balaban J connectivity index is 2.21. The van der Waals surface area contributed by atoms with Gasteiger partial charge in [-0.15, -0.1) is 0 Å². The Bertz CT molecular complexity index is 772. The summed E-state index contributed by atoms with van der Waals surface area (Å²) in [5, 5.41) is 10.3. The van der Waals surface area contributed by atoms with Crippen LogP contribution >= 0.6 is 0 Å². The van der Waals surface area contributed by atoms with Crippen LogP contribution in [0.2, 0.25) is 0 Å². The molecule has 3 aromatic rings. The number of fused-ring (bicyclic) bond motifs is 1. The van der Waals surface area contributed by atoms with Gasteiger partial charge in [-0.3, -0.25) is 0 Å². The second-order valence-electron chi connectivity index (χ2n) is 4.96. The number of aryl methyl sites for hydroxylation is 1. The Hall–Kier alpha value is -2.56. The number of unbranched alkanes of at least 4 members (excludes halogenated alkanes) is 1. The van der Waals surface area contributed by atoms with Crippen molar-refractivity contribution in [2.24, 2.45) is 0 Å². The number of carboxylic acids is 1. The zero-order chi connectivity index (χ0) is 14.8. The molecule has 2 aromatic heterocycles. The Morgan fingerprint density at radius 1 is 1.43 bits per heavy atom. The summed E-state index contributed by atoms with van der Waals surface area (Å²) in [4.78, 5) is 15.5. The van der Waals surface area contributed by atoms with Crippen molar-refractivity contribution in [3.63, 3.8) is 0 Å². The van der Waals surface area contributed by atoms with E-state index in [2.05, 4.69) is 16.5 Å². The standard InChI is InChI=1S/C16H16N2O3/c1-2-3-6-18-7-4-12-13(15-17-5-8-21-15)9-11(16(19)20)10-14(12)18/h4-5,7-10H,2-3,6H2,1H3,(H,19,20). The molecule has 0 bridgehead atoms. The molecule has 2 heterocycles. The molecule has 0 unspecified atom stereocenters. The van der Waals surface area contributed by atoms with Crippen LogP contribution in [0.3, 0.4) is 0 Å². The van der Waals surface area contributed by atoms with Crippen molar-refractivity contribution in [1.82, 2.24) is 9.55 Å². The molecule has 0 fully saturated rings. The Morgan fingerprint density at radius 2 is 2.29 bits per heavy atom. The van der Waals surface area contributed by atoms with Crippen LogP contribution < -0.4 is 0 Å². The lowest BCUT2D eigenvalue weighted by Crippen LogP contribution is -2.00. The van der Waals surface area contributed by atoms with Crippen LogP contribution in [-0.4, -0.2) is 20.6 Å². The van der Waals surface area contributed by atoms with Crippen LogP contribution in [0, 0.1) is 0 Å². The largest absolute Gasteiger partial charge is 0.478 e. The summed E-state index contributed by atoms with van der Waals surface area (Å²) >= 11 is 0. The highest BCUT2D eigenvalue weighted by Crippen LogP contribution is 2.30. The summed E-state index contributed by atoms with van der Waals surface area (Å²) in [6.07, 6.45) is 7.17. The van der Waals surface area contributed by atoms with E-state index in [9.17, 15) is 9.90 Å². The number of benzene rings is 1. The summed E-state index contributed by atoms with van der Waals surface area (Å²) in [5.41, 5.74) is 1.86. The smallest absolute Gasteiger partial charge is 0.335 e. The lowest BCUT2D eigenvalue weighted by Gasteiger charge is -2.07. The number of hydrogen-bond donors (Lipinski definition) is 1. The fraction of sp³-hybridized carbons (Fsp3) is 0.250. The molecule has 0 aliphatic heterocycles. The molecule has 0 aliphatic carbocycles. The zero-order valence-electron chi connectivity index (χ0n) is 11.7. The van der Waals surface area contributed by atoms with E-state index in [1.807, 2.05) is 12.3 Å². The third-order valence-electron chi connectivity index (χ3n) is 3.55. The third-order valence-corrected chi connectivity index (χ3v) is 3.55. The SMILES string of the molecule is CCCCn1ccc2c(-c3ncco3)cc(C(=O)O)cc21. The first-order valence-electron chi connectivity index (χ1n) is 6.96. The minimum absolute atomic E-state index is 0.243. The zero-order valence-corrected chi connectivity index (χ0v) is 11.7. The molecule has 5 nitrogen and oxygen atoms in total. The highest BCUT2D eigenvalue weighted by molar-refractivity contribution is 6.00. The van der Waals surface area contributed by atoms with E-state index in [-0.39, 0.29) is 5.56 Å². The fourth-order valence-corrected chi connectivity index (χ4v) is 2.48. The predicted molar refractivity (Wildman–Crippen MR) is 79.3 cm³/mol. The predicted octanol–water partition coefficient (Wildman–Crippen LogP) is 3.79. The van der Waals surface area contributed by atoms with Crippen LogP contribution in [0.15, 0.2) is 41.3 Å². The quantitative estimate of drug-likeness (QED) is 0.773. The van der Waals surface area contributed by atoms with Gasteiger partial charge in [-0.25, -0.2) is 9.78 Å². The summed E-state index contributed by atoms with van der Waals surface area (Å²) in [6, 6.07) is 5.30. The van der Waals surface area contributed by atoms with Crippen LogP contribution in [-0.2, 0) is 6.54 Å². The number of aromatic carboxylic acids is 1. The fourth-order valence-electron chi connectivity index (χ4n) is 2.48. The first-order chi connectivity index (χ1) is 10.2. The van der Waals surface area contributed by atoms with Crippen LogP contribution in [0.1, 0.15) is 30.1 Å². The monoisotopic (exact) mass is 284 g/mol. The minimum atomic E-state index is -0.951. The molecule has 3 rings (SSSR count). The number of rotatable bonds is 5. The summed E-state index contributed by atoms with van der Waals surface area (Å²) < 4.78 is 7.42. The lowest BCUT2D eigenvalue weighted by atomic mass is 10.1. The van der Waals surface area contributed by atoms with Crippen molar-refractivity contribution in [1.29, 1.82) is 0 Å². The summed E-state index contributed by atoms with van der Waals surface area (Å²) in [5.74, 6) is -0.510. The maximum absolute atomic E-state index is 11.4. The number of nitrogens with zero attached hydrogens (tertiary/aromatic N) is 2. The molecule has 0 radical (unpaired) electrons. The molecule has 0 saturated heterocycles. The van der Waals surface area contributed by atoms with Crippen LogP contribution in [0.5, 0.6) is 0 Å². The van der Waals surface area contributed by atoms with Crippen molar-refractivity contribution >= 4 is 16.9 Å². The van der Waals surface area contributed by atoms with Gasteiger partial charge in [0.1, 0.15) is 6.26 Å². The average molecular weight is 284 g/mol. The van der Waals surface area contributed by atoms with Crippen LogP contribution in [0.25, 0.3) is 22.4 Å². The van der Waals surface area contributed by atoms with Gasteiger partial charge in [0.05, 0.1) is 11.8 Å². The van der Waals surface area contributed by atoms with E-state index in [0.717, 1.165) is 30.3 Å². The topological polar surface area (TPSA) is 68.3 Å². The van der Waals surface area contributed by atoms with Gasteiger partial charge in [-0.05, 0) is 24.6 Å². The summed E-state index contributed by atoms with van der Waals surface area (Å²) in [7, 11) is 0. The third kappa shape index (κ3) is 2.42. The van der Waals surface area contributed by atoms with Crippen molar-refractivity contribution in [3.05, 3.63) is 42.4 Å². The number of carbonyl (C=O) groups is 1. The van der Waals surface area contributed by atoms with E-state index >= 15 is 0 Å². The van der Waals surface area contributed by atoms with Gasteiger partial charge in [0.25, 0.3) is 0 Å². The molecular weight excluding hydrogens is 268 g/mol. The molecule has 5 heteroatoms. The second kappa shape index (κ2) is 5.44. The van der Waals surface area contributed by atoms with E-state index in [1.165, 1.54) is 6.26 Å². The average Bonchev–Trinajstić information content (AvgIpc) is 3.13. The second-order valence-corrected chi connectivity index (χ2v) is 4.96. The summed E-state index contributed by atoms with van der Waals surface area (Å²) in [6.45, 7) is 3.00. The molecule has 0 spiro atoms.